The van der Waals surface area contributed by atoms with Gasteiger partial charge in [-0.25, -0.2) is 9.97 Å². The summed E-state index contributed by atoms with van der Waals surface area (Å²) in [5.41, 5.74) is 4.01. The van der Waals surface area contributed by atoms with Crippen molar-refractivity contribution in [1.29, 1.82) is 0 Å². The fraction of sp³-hybridized carbons (Fsp3) is 0.0370. The summed E-state index contributed by atoms with van der Waals surface area (Å²) in [5.74, 6) is -0.123. The van der Waals surface area contributed by atoms with Crippen LogP contribution in [0.5, 0.6) is 0 Å². The predicted molar refractivity (Wildman–Crippen MR) is 139 cm³/mol. The van der Waals surface area contributed by atoms with Crippen LogP contribution < -0.4 is 10.9 Å². The van der Waals surface area contributed by atoms with Gasteiger partial charge in [0.2, 0.25) is 0 Å². The second-order valence-electron chi connectivity index (χ2n) is 7.77. The summed E-state index contributed by atoms with van der Waals surface area (Å²) in [4.78, 5) is 36.8. The first-order valence-electron chi connectivity index (χ1n) is 10.8. The van der Waals surface area contributed by atoms with E-state index >= 15 is 0 Å². The molecule has 0 radical (unpaired) electrons. The molecule has 0 aliphatic heterocycles. The van der Waals surface area contributed by atoms with E-state index in [9.17, 15) is 9.59 Å². The topological polar surface area (TPSA) is 87.7 Å². The van der Waals surface area contributed by atoms with Gasteiger partial charge in [0, 0.05) is 39.8 Å². The van der Waals surface area contributed by atoms with Gasteiger partial charge in [-0.2, -0.15) is 0 Å². The van der Waals surface area contributed by atoms with Crippen LogP contribution in [0, 0.1) is 0 Å². The average molecular weight is 499 g/mol. The summed E-state index contributed by atoms with van der Waals surface area (Å²) < 4.78 is 0. The fourth-order valence-corrected chi connectivity index (χ4v) is 4.50. The molecule has 0 unspecified atom stereocenters. The Bertz CT molecular complexity index is 1550. The molecule has 172 valence electrons. The van der Waals surface area contributed by atoms with Crippen molar-refractivity contribution in [3.05, 3.63) is 117 Å². The molecule has 0 aliphatic rings. The lowest BCUT2D eigenvalue weighted by atomic mass is 10.1. The maximum Gasteiger partial charge on any atom is 0.264 e. The quantitative estimate of drug-likeness (QED) is 0.309. The van der Waals surface area contributed by atoms with E-state index in [4.69, 9.17) is 16.6 Å². The molecule has 0 bridgehead atoms. The second kappa shape index (κ2) is 10.0. The first kappa shape index (κ1) is 22.7. The zero-order valence-electron chi connectivity index (χ0n) is 18.4. The van der Waals surface area contributed by atoms with E-state index in [0.29, 0.717) is 16.4 Å². The summed E-state index contributed by atoms with van der Waals surface area (Å²) in [6, 6.07) is 24.8. The zero-order valence-corrected chi connectivity index (χ0v) is 19.9. The third-order valence-electron chi connectivity index (χ3n) is 5.36. The van der Waals surface area contributed by atoms with E-state index < -0.39 is 11.5 Å². The van der Waals surface area contributed by atoms with Crippen LogP contribution in [0.4, 0.5) is 0 Å². The molecule has 8 heteroatoms. The maximum absolute atomic E-state index is 12.6. The molecule has 5 rings (SSSR count). The molecule has 0 fully saturated rings. The van der Waals surface area contributed by atoms with Crippen LogP contribution >= 0.6 is 22.9 Å². The molecule has 35 heavy (non-hydrogen) atoms. The number of H-pyrrole nitrogens is 1. The highest BCUT2D eigenvalue weighted by molar-refractivity contribution is 7.13. The number of halogens is 1. The number of thiazole rings is 1. The predicted octanol–water partition coefficient (Wildman–Crippen LogP) is 5.81. The third kappa shape index (κ3) is 5.21. The number of hydrogen-bond donors (Lipinski definition) is 2. The lowest BCUT2D eigenvalue weighted by molar-refractivity contribution is 0.0949. The van der Waals surface area contributed by atoms with E-state index in [0.717, 1.165) is 27.4 Å². The van der Waals surface area contributed by atoms with Gasteiger partial charge >= 0.3 is 0 Å². The number of amides is 1. The number of benzene rings is 3. The summed E-state index contributed by atoms with van der Waals surface area (Å²) in [5, 5.41) is 6.32. The number of aromatic nitrogens is 3. The van der Waals surface area contributed by atoms with Gasteiger partial charge in [-0.1, -0.05) is 60.1 Å². The summed E-state index contributed by atoms with van der Waals surface area (Å²) in [7, 11) is 0. The molecule has 6 nitrogen and oxygen atoms in total. The summed E-state index contributed by atoms with van der Waals surface area (Å²) >= 11 is 7.48. The molecule has 2 heterocycles. The number of carbonyl (C=O) groups is 1. The van der Waals surface area contributed by atoms with Gasteiger partial charge in [0.1, 0.15) is 16.4 Å². The zero-order chi connectivity index (χ0) is 24.2. The van der Waals surface area contributed by atoms with Gasteiger partial charge in [0.15, 0.2) is 0 Å². The molecule has 0 saturated heterocycles. The first-order valence-corrected chi connectivity index (χ1v) is 12.1. The molecule has 0 aliphatic carbocycles. The minimum absolute atomic E-state index is 0.0497. The smallest absolute Gasteiger partial charge is 0.264 e. The monoisotopic (exact) mass is 498 g/mol. The molecule has 3 aromatic carbocycles. The van der Waals surface area contributed by atoms with Crippen molar-refractivity contribution in [2.24, 2.45) is 0 Å². The van der Waals surface area contributed by atoms with E-state index in [1.165, 1.54) is 6.20 Å². The second-order valence-corrected chi connectivity index (χ2v) is 9.06. The van der Waals surface area contributed by atoms with Crippen molar-refractivity contribution in [3.8, 4) is 33.2 Å². The Balaban J connectivity index is 1.28. The molecule has 1 amide bonds. The van der Waals surface area contributed by atoms with Gasteiger partial charge in [-0.3, -0.25) is 9.59 Å². The minimum atomic E-state index is -0.507. The largest absolute Gasteiger partial charge is 0.348 e. The number of carbonyl (C=O) groups excluding carboxylic acids is 1. The normalized spacial score (nSPS) is 10.8. The van der Waals surface area contributed by atoms with Crippen molar-refractivity contribution < 1.29 is 4.79 Å². The van der Waals surface area contributed by atoms with Crippen molar-refractivity contribution in [1.82, 2.24) is 20.3 Å². The van der Waals surface area contributed by atoms with Crippen LogP contribution in [0.25, 0.3) is 33.2 Å². The Hall–Kier alpha value is -4.07. The van der Waals surface area contributed by atoms with E-state index in [1.807, 2.05) is 60.0 Å². The molecule has 0 spiro atoms. The Morgan fingerprint density at radius 3 is 2.49 bits per heavy atom. The molecule has 5 aromatic rings. The fourth-order valence-electron chi connectivity index (χ4n) is 3.55. The van der Waals surface area contributed by atoms with Crippen molar-refractivity contribution in [2.45, 2.75) is 6.54 Å². The van der Waals surface area contributed by atoms with Crippen LogP contribution in [-0.4, -0.2) is 20.9 Å². The number of rotatable bonds is 6. The first-order chi connectivity index (χ1) is 17.1. The van der Waals surface area contributed by atoms with Gasteiger partial charge in [-0.15, -0.1) is 11.3 Å². The highest BCUT2D eigenvalue weighted by atomic mass is 35.5. The van der Waals surface area contributed by atoms with Gasteiger partial charge in [-0.05, 0) is 35.9 Å². The van der Waals surface area contributed by atoms with Crippen molar-refractivity contribution >= 4 is 28.8 Å². The molecular weight excluding hydrogens is 480 g/mol. The number of aromatic amines is 1. The maximum atomic E-state index is 12.6. The number of nitrogens with one attached hydrogen (secondary N) is 2. The molecule has 0 saturated carbocycles. The minimum Gasteiger partial charge on any atom is -0.348 e. The van der Waals surface area contributed by atoms with E-state index in [2.05, 4.69) is 15.3 Å². The molecule has 2 aromatic heterocycles. The van der Waals surface area contributed by atoms with Gasteiger partial charge in [0.05, 0.1) is 5.69 Å². The van der Waals surface area contributed by atoms with Crippen LogP contribution in [-0.2, 0) is 6.54 Å². The number of hydrogen-bond acceptors (Lipinski definition) is 5. The van der Waals surface area contributed by atoms with Crippen molar-refractivity contribution in [2.75, 3.05) is 0 Å². The van der Waals surface area contributed by atoms with Crippen LogP contribution in [0.1, 0.15) is 15.9 Å². The Labute approximate surface area is 210 Å². The highest BCUT2D eigenvalue weighted by Gasteiger charge is 2.13. The van der Waals surface area contributed by atoms with Crippen LogP contribution in [0.15, 0.2) is 95.2 Å². The van der Waals surface area contributed by atoms with E-state index in [1.54, 1.807) is 35.6 Å². The number of nitrogens with zero attached hydrogens (tertiary/aromatic N) is 2. The summed E-state index contributed by atoms with van der Waals surface area (Å²) in [6.07, 6.45) is 1.29. The van der Waals surface area contributed by atoms with Gasteiger partial charge < -0.3 is 10.3 Å². The molecular formula is C27H19ClN4O2S. The molecule has 0 atom stereocenters. The molecule has 2 N–H and O–H groups in total. The highest BCUT2D eigenvalue weighted by Crippen LogP contribution is 2.29. The third-order valence-corrected chi connectivity index (χ3v) is 6.51. The lowest BCUT2D eigenvalue weighted by Crippen LogP contribution is -2.29. The average Bonchev–Trinajstić information content (AvgIpc) is 3.39. The standard InChI is InChI=1S/C27H19ClN4O2S/c28-21-11-9-19(10-12-21)24-29-15-22(26(34)32-24)25(33)30-14-17-5-4-8-20(13-17)27-31-23(16-35-27)18-6-2-1-3-7-18/h1-13,15-16H,14H2,(H,30,33)(H,29,32,34). The van der Waals surface area contributed by atoms with Crippen molar-refractivity contribution in [3.63, 3.8) is 0 Å². The SMILES string of the molecule is O=C(NCc1cccc(-c2nc(-c3ccccc3)cs2)c1)c1cnc(-c2ccc(Cl)cc2)[nH]c1=O. The lowest BCUT2D eigenvalue weighted by Gasteiger charge is -2.07. The van der Waals surface area contributed by atoms with Crippen LogP contribution in [0.2, 0.25) is 5.02 Å². The Morgan fingerprint density at radius 2 is 1.71 bits per heavy atom. The van der Waals surface area contributed by atoms with E-state index in [-0.39, 0.29) is 12.1 Å². The van der Waals surface area contributed by atoms with Gasteiger partial charge in [0.25, 0.3) is 11.5 Å². The van der Waals surface area contributed by atoms with Crippen LogP contribution in [0.3, 0.4) is 0 Å². The Kier molecular flexibility index (Phi) is 6.52. The Morgan fingerprint density at radius 1 is 0.943 bits per heavy atom. The summed E-state index contributed by atoms with van der Waals surface area (Å²) in [6.45, 7) is 0.266.